The Kier molecular flexibility index (Phi) is 4.40. The van der Waals surface area contributed by atoms with E-state index in [-0.39, 0.29) is 17.7 Å². The number of ether oxygens (including phenoxy) is 1. The first-order chi connectivity index (χ1) is 7.97. The molecule has 1 N–H and O–H groups in total. The van der Waals surface area contributed by atoms with Gasteiger partial charge in [-0.2, -0.15) is 0 Å². The normalized spacial score (nSPS) is 12.0. The van der Waals surface area contributed by atoms with Gasteiger partial charge in [0.2, 0.25) is 0 Å². The zero-order chi connectivity index (χ0) is 13.0. The fraction of sp³-hybridized carbons (Fsp3) is 0.308. The average molecular weight is 238 g/mol. The molecule has 1 aromatic rings. The van der Waals surface area contributed by atoms with Gasteiger partial charge >= 0.3 is 5.97 Å². The van der Waals surface area contributed by atoms with E-state index in [9.17, 15) is 14.3 Å². The van der Waals surface area contributed by atoms with Gasteiger partial charge in [0.25, 0.3) is 0 Å². The summed E-state index contributed by atoms with van der Waals surface area (Å²) in [6.45, 7) is 6.93. The summed E-state index contributed by atoms with van der Waals surface area (Å²) in [6.07, 6.45) is -1.25. The lowest BCUT2D eigenvalue weighted by atomic mass is 10.0. The molecule has 0 spiro atoms. The van der Waals surface area contributed by atoms with E-state index in [1.165, 1.54) is 12.1 Å². The number of rotatable bonds is 4. The summed E-state index contributed by atoms with van der Waals surface area (Å²) in [5, 5.41) is 9.83. The second-order valence-corrected chi connectivity index (χ2v) is 3.66. The predicted octanol–water partition coefficient (Wildman–Crippen LogP) is 2.29. The van der Waals surface area contributed by atoms with Crippen LogP contribution >= 0.6 is 0 Å². The molecule has 0 saturated carbocycles. The number of aryl methyl sites for hydroxylation is 1. The van der Waals surface area contributed by atoms with Crippen LogP contribution in [-0.4, -0.2) is 17.7 Å². The van der Waals surface area contributed by atoms with E-state index in [4.69, 9.17) is 4.74 Å². The summed E-state index contributed by atoms with van der Waals surface area (Å²) >= 11 is 0. The average Bonchev–Trinajstić information content (AvgIpc) is 2.31. The zero-order valence-electron chi connectivity index (χ0n) is 9.87. The van der Waals surface area contributed by atoms with Gasteiger partial charge in [-0.05, 0) is 31.0 Å². The van der Waals surface area contributed by atoms with Crippen molar-refractivity contribution >= 4 is 5.97 Å². The Hall–Kier alpha value is -1.68. The molecule has 1 unspecified atom stereocenters. The van der Waals surface area contributed by atoms with Crippen LogP contribution in [0.25, 0.3) is 0 Å². The van der Waals surface area contributed by atoms with Crippen molar-refractivity contribution in [1.29, 1.82) is 0 Å². The number of aliphatic hydroxyl groups is 1. The Bertz CT molecular complexity index is 440. The molecule has 1 atom stereocenters. The van der Waals surface area contributed by atoms with Gasteiger partial charge in [-0.1, -0.05) is 18.7 Å². The monoisotopic (exact) mass is 238 g/mol. The summed E-state index contributed by atoms with van der Waals surface area (Å²) in [7, 11) is 0. The maximum absolute atomic E-state index is 13.3. The van der Waals surface area contributed by atoms with E-state index in [1.54, 1.807) is 19.9 Å². The first kappa shape index (κ1) is 13.4. The molecule has 0 fully saturated rings. The van der Waals surface area contributed by atoms with E-state index in [0.717, 1.165) is 0 Å². The van der Waals surface area contributed by atoms with Gasteiger partial charge in [0, 0.05) is 0 Å². The van der Waals surface area contributed by atoms with Crippen LogP contribution in [0, 0.1) is 12.7 Å². The number of benzene rings is 1. The highest BCUT2D eigenvalue weighted by Gasteiger charge is 2.20. The molecule has 3 nitrogen and oxygen atoms in total. The molecule has 0 heterocycles. The summed E-state index contributed by atoms with van der Waals surface area (Å²) in [5.74, 6) is -1.11. The van der Waals surface area contributed by atoms with Gasteiger partial charge in [-0.3, -0.25) is 0 Å². The highest BCUT2D eigenvalue weighted by molar-refractivity contribution is 5.89. The summed E-state index contributed by atoms with van der Waals surface area (Å²) in [6, 6.07) is 4.27. The van der Waals surface area contributed by atoms with Crippen LogP contribution in [-0.2, 0) is 9.53 Å². The molecule has 0 aliphatic heterocycles. The van der Waals surface area contributed by atoms with Gasteiger partial charge in [0.15, 0.2) is 0 Å². The Morgan fingerprint density at radius 1 is 1.59 bits per heavy atom. The first-order valence-electron chi connectivity index (χ1n) is 5.27. The highest BCUT2D eigenvalue weighted by Crippen LogP contribution is 2.23. The van der Waals surface area contributed by atoms with Crippen LogP contribution in [0.5, 0.6) is 0 Å². The van der Waals surface area contributed by atoms with Gasteiger partial charge in [-0.25, -0.2) is 9.18 Å². The minimum atomic E-state index is -1.25. The molecular formula is C13H15FO3. The van der Waals surface area contributed by atoms with Crippen LogP contribution in [0.1, 0.15) is 24.2 Å². The molecule has 1 aromatic carbocycles. The maximum Gasteiger partial charge on any atom is 0.336 e. The number of aliphatic hydroxyl groups excluding tert-OH is 1. The van der Waals surface area contributed by atoms with Gasteiger partial charge < -0.3 is 9.84 Å². The SMILES string of the molecule is C=C(C(=O)OCC)C(O)c1ccc(C)c(F)c1. The van der Waals surface area contributed by atoms with Gasteiger partial charge in [0.05, 0.1) is 12.2 Å². The van der Waals surface area contributed by atoms with Crippen LogP contribution < -0.4 is 0 Å². The van der Waals surface area contributed by atoms with Crippen LogP contribution in [0.15, 0.2) is 30.4 Å². The van der Waals surface area contributed by atoms with Crippen LogP contribution in [0.4, 0.5) is 4.39 Å². The Labute approximate surface area is 99.5 Å². The quantitative estimate of drug-likeness (QED) is 0.646. The minimum absolute atomic E-state index is 0.102. The summed E-state index contributed by atoms with van der Waals surface area (Å²) in [5.41, 5.74) is 0.656. The van der Waals surface area contributed by atoms with Crippen molar-refractivity contribution in [2.45, 2.75) is 20.0 Å². The van der Waals surface area contributed by atoms with E-state index < -0.39 is 17.9 Å². The number of carbonyl (C=O) groups excluding carboxylic acids is 1. The molecule has 0 aliphatic carbocycles. The molecule has 0 amide bonds. The molecule has 0 saturated heterocycles. The number of hydrogen-bond acceptors (Lipinski definition) is 3. The lowest BCUT2D eigenvalue weighted by molar-refractivity contribution is -0.139. The first-order valence-corrected chi connectivity index (χ1v) is 5.27. The number of carbonyl (C=O) groups is 1. The molecule has 0 aliphatic rings. The van der Waals surface area contributed by atoms with Crippen molar-refractivity contribution in [2.75, 3.05) is 6.61 Å². The third-order valence-corrected chi connectivity index (χ3v) is 2.38. The fourth-order valence-corrected chi connectivity index (χ4v) is 1.32. The fourth-order valence-electron chi connectivity index (χ4n) is 1.32. The van der Waals surface area contributed by atoms with Crippen molar-refractivity contribution < 1.29 is 19.0 Å². The third-order valence-electron chi connectivity index (χ3n) is 2.38. The van der Waals surface area contributed by atoms with E-state index >= 15 is 0 Å². The number of esters is 1. The van der Waals surface area contributed by atoms with Crippen LogP contribution in [0.2, 0.25) is 0 Å². The van der Waals surface area contributed by atoms with E-state index in [1.807, 2.05) is 0 Å². The molecule has 0 aromatic heterocycles. The Balaban J connectivity index is 2.88. The molecule has 17 heavy (non-hydrogen) atoms. The predicted molar refractivity (Wildman–Crippen MR) is 61.9 cm³/mol. The summed E-state index contributed by atoms with van der Waals surface area (Å²) in [4.78, 5) is 11.3. The molecule has 1 rings (SSSR count). The summed E-state index contributed by atoms with van der Waals surface area (Å²) < 4.78 is 18.0. The van der Waals surface area contributed by atoms with E-state index in [0.29, 0.717) is 5.56 Å². The zero-order valence-corrected chi connectivity index (χ0v) is 9.87. The standard InChI is InChI=1S/C13H15FO3/c1-4-17-13(16)9(3)12(15)10-6-5-8(2)11(14)7-10/h5-7,12,15H,3-4H2,1-2H3. The second kappa shape index (κ2) is 5.59. The highest BCUT2D eigenvalue weighted by atomic mass is 19.1. The lowest BCUT2D eigenvalue weighted by Gasteiger charge is -2.13. The Morgan fingerprint density at radius 2 is 2.24 bits per heavy atom. The maximum atomic E-state index is 13.3. The van der Waals surface area contributed by atoms with Gasteiger partial charge in [-0.15, -0.1) is 0 Å². The lowest BCUT2D eigenvalue weighted by Crippen LogP contribution is -2.13. The van der Waals surface area contributed by atoms with E-state index in [2.05, 4.69) is 6.58 Å². The second-order valence-electron chi connectivity index (χ2n) is 3.66. The minimum Gasteiger partial charge on any atom is -0.463 e. The Morgan fingerprint density at radius 3 is 2.76 bits per heavy atom. The molecular weight excluding hydrogens is 223 g/mol. The molecule has 4 heteroatoms. The number of hydrogen-bond donors (Lipinski definition) is 1. The number of halogens is 1. The van der Waals surface area contributed by atoms with Crippen molar-refractivity contribution in [2.24, 2.45) is 0 Å². The largest absolute Gasteiger partial charge is 0.463 e. The smallest absolute Gasteiger partial charge is 0.336 e. The van der Waals surface area contributed by atoms with Crippen LogP contribution in [0.3, 0.4) is 0 Å². The van der Waals surface area contributed by atoms with Crippen molar-refractivity contribution in [3.05, 3.63) is 47.3 Å². The molecule has 92 valence electrons. The van der Waals surface area contributed by atoms with Gasteiger partial charge in [0.1, 0.15) is 11.9 Å². The van der Waals surface area contributed by atoms with Crippen molar-refractivity contribution in [3.8, 4) is 0 Å². The molecule has 0 radical (unpaired) electrons. The third kappa shape index (κ3) is 3.14. The molecule has 0 bridgehead atoms. The topological polar surface area (TPSA) is 46.5 Å². The van der Waals surface area contributed by atoms with Crippen molar-refractivity contribution in [3.63, 3.8) is 0 Å². The van der Waals surface area contributed by atoms with Crippen molar-refractivity contribution in [1.82, 2.24) is 0 Å².